The van der Waals surface area contributed by atoms with Crippen LogP contribution in [0, 0.1) is 0 Å². The Hall–Kier alpha value is -1.58. The van der Waals surface area contributed by atoms with Gasteiger partial charge in [-0.1, -0.05) is 327 Å². The Morgan fingerprint density at radius 3 is 0.381 bits per heavy atom. The number of carboxylic acids is 2. The van der Waals surface area contributed by atoms with E-state index in [1.807, 2.05) is 0 Å². The number of aliphatic carboxylic acids is 2. The summed E-state index contributed by atoms with van der Waals surface area (Å²) in [6.45, 7) is 0. The molecule has 0 heterocycles. The molecule has 0 spiro atoms. The van der Waals surface area contributed by atoms with Crippen molar-refractivity contribution in [3.63, 3.8) is 0 Å². The molecule has 63 heavy (non-hydrogen) atoms. The summed E-state index contributed by atoms with van der Waals surface area (Å²) >= 11 is 0. The van der Waals surface area contributed by atoms with E-state index < -0.39 is 11.9 Å². The van der Waals surface area contributed by atoms with Crippen molar-refractivity contribution in [2.45, 2.75) is 340 Å². The Morgan fingerprint density at radius 2 is 0.286 bits per heavy atom. The number of hydrogen-bond donors (Lipinski definition) is 2. The Labute approximate surface area is 394 Å². The van der Waals surface area contributed by atoms with Crippen molar-refractivity contribution in [2.75, 3.05) is 0 Å². The molecule has 0 aliphatic rings. The highest BCUT2D eigenvalue weighted by atomic mass is 16.4. The van der Waals surface area contributed by atoms with Gasteiger partial charge in [0.1, 0.15) is 0 Å². The van der Waals surface area contributed by atoms with E-state index in [0.29, 0.717) is 0 Å². The summed E-state index contributed by atoms with van der Waals surface area (Å²) in [7, 11) is 0. The van der Waals surface area contributed by atoms with Gasteiger partial charge in [-0.05, 0) is 25.7 Å². The molecule has 0 saturated carbocycles. The van der Waals surface area contributed by atoms with Gasteiger partial charge in [0.05, 0.1) is 0 Å². The normalized spacial score (nSPS) is 11.8. The van der Waals surface area contributed by atoms with Gasteiger partial charge in [0.25, 0.3) is 0 Å². The lowest BCUT2D eigenvalue weighted by molar-refractivity contribution is -0.132. The van der Waals surface area contributed by atoms with Crippen molar-refractivity contribution >= 4 is 11.9 Å². The van der Waals surface area contributed by atoms with Gasteiger partial charge in [-0.2, -0.15) is 0 Å². The van der Waals surface area contributed by atoms with Crippen LogP contribution in [-0.2, 0) is 9.59 Å². The predicted octanol–water partition coefficient (Wildman–Crippen LogP) is 20.9. The Kier molecular flexibility index (Phi) is 55.1. The van der Waals surface area contributed by atoms with Crippen molar-refractivity contribution in [1.29, 1.82) is 0 Å². The predicted molar refractivity (Wildman–Crippen MR) is 278 cm³/mol. The maximum atomic E-state index is 10.4. The summed E-state index contributed by atoms with van der Waals surface area (Å²) in [4.78, 5) is 20.9. The van der Waals surface area contributed by atoms with Crippen LogP contribution in [0.3, 0.4) is 0 Å². The van der Waals surface area contributed by atoms with Gasteiger partial charge < -0.3 is 10.2 Å². The van der Waals surface area contributed by atoms with Crippen LogP contribution in [0.2, 0.25) is 0 Å². The molecule has 0 aliphatic carbocycles. The quantitative estimate of drug-likeness (QED) is 0.0471. The van der Waals surface area contributed by atoms with Crippen molar-refractivity contribution in [2.24, 2.45) is 0 Å². The summed E-state index contributed by atoms with van der Waals surface area (Å²) in [5.74, 6) is -1.66. The Bertz CT molecular complexity index is 866. The third-order valence-electron chi connectivity index (χ3n) is 13.8. The van der Waals surface area contributed by atoms with E-state index in [-0.39, 0.29) is 0 Å². The fourth-order valence-electron chi connectivity index (χ4n) is 9.55. The first kappa shape index (κ1) is 61.4. The van der Waals surface area contributed by atoms with Gasteiger partial charge in [-0.25, -0.2) is 9.59 Å². The largest absolute Gasteiger partial charge is 0.478 e. The van der Waals surface area contributed by atoms with Crippen molar-refractivity contribution < 1.29 is 19.8 Å². The van der Waals surface area contributed by atoms with E-state index in [1.165, 1.54) is 327 Å². The third-order valence-corrected chi connectivity index (χ3v) is 13.8. The maximum absolute atomic E-state index is 10.4. The lowest BCUT2D eigenvalue weighted by Crippen LogP contribution is -1.86. The molecule has 0 saturated heterocycles. The number of hydrogen-bond acceptors (Lipinski definition) is 2. The van der Waals surface area contributed by atoms with Crippen LogP contribution >= 0.6 is 0 Å². The second-order valence-electron chi connectivity index (χ2n) is 20.1. The summed E-state index contributed by atoms with van der Waals surface area (Å²) in [5.41, 5.74) is 0. The number of allylic oxidation sites excluding steroid dienone is 2. The minimum absolute atomic E-state index is 0.829. The molecule has 0 rings (SSSR count). The fourth-order valence-corrected chi connectivity index (χ4v) is 9.55. The average molecular weight is 886 g/mol. The smallest absolute Gasteiger partial charge is 0.327 e. The van der Waals surface area contributed by atoms with Crippen LogP contribution in [-0.4, -0.2) is 22.2 Å². The lowest BCUT2D eigenvalue weighted by Gasteiger charge is -2.05. The maximum Gasteiger partial charge on any atom is 0.327 e. The molecule has 0 amide bonds. The minimum atomic E-state index is -0.829. The van der Waals surface area contributed by atoms with E-state index in [9.17, 15) is 9.59 Å². The molecular weight excluding hydrogens is 773 g/mol. The minimum Gasteiger partial charge on any atom is -0.478 e. The molecule has 0 aromatic carbocycles. The summed E-state index contributed by atoms with van der Waals surface area (Å²) in [6.07, 6.45) is 80.4. The molecule has 4 nitrogen and oxygen atoms in total. The fraction of sp³-hybridized carbons (Fsp3) is 0.898. The van der Waals surface area contributed by atoms with Crippen molar-refractivity contribution in [3.05, 3.63) is 24.3 Å². The number of carboxylic acid groups (broad SMARTS) is 2. The van der Waals surface area contributed by atoms with Gasteiger partial charge in [0, 0.05) is 12.2 Å². The highest BCUT2D eigenvalue weighted by molar-refractivity contribution is 5.79. The molecule has 0 bridgehead atoms. The molecule has 372 valence electrons. The van der Waals surface area contributed by atoms with Crippen LogP contribution in [0.4, 0.5) is 0 Å². The van der Waals surface area contributed by atoms with Crippen LogP contribution < -0.4 is 0 Å². The number of carbonyl (C=O) groups is 2. The van der Waals surface area contributed by atoms with Crippen LogP contribution in [0.1, 0.15) is 340 Å². The zero-order chi connectivity index (χ0) is 45.5. The molecular formula is C59H112O4. The Morgan fingerprint density at radius 1 is 0.190 bits per heavy atom. The van der Waals surface area contributed by atoms with Gasteiger partial charge in [0.15, 0.2) is 0 Å². The van der Waals surface area contributed by atoms with Gasteiger partial charge in [0.2, 0.25) is 0 Å². The zero-order valence-corrected chi connectivity index (χ0v) is 42.5. The Balaban J connectivity index is 3.08. The van der Waals surface area contributed by atoms with E-state index in [1.54, 1.807) is 12.2 Å². The van der Waals surface area contributed by atoms with E-state index in [2.05, 4.69) is 0 Å². The van der Waals surface area contributed by atoms with Gasteiger partial charge in [-0.3, -0.25) is 0 Å². The van der Waals surface area contributed by atoms with E-state index >= 15 is 0 Å². The van der Waals surface area contributed by atoms with Gasteiger partial charge >= 0.3 is 11.9 Å². The second-order valence-corrected chi connectivity index (χ2v) is 20.1. The molecule has 0 aliphatic heterocycles. The standard InChI is InChI=1S/C59H112O4/c60-58(61)56-54-52-50-48-46-44-42-40-38-36-34-32-30-28-26-24-22-20-18-16-14-12-10-8-6-4-2-1-3-5-7-9-11-13-15-17-19-21-23-25-27-29-31-33-35-37-39-41-43-45-47-49-51-53-55-57-59(62)63/h54-57H,1-53H2,(H,60,61)(H,62,63). The summed E-state index contributed by atoms with van der Waals surface area (Å²) < 4.78 is 0. The lowest BCUT2D eigenvalue weighted by atomic mass is 10.0. The second kappa shape index (κ2) is 56.5. The topological polar surface area (TPSA) is 74.6 Å². The molecule has 0 fully saturated rings. The molecule has 0 aromatic rings. The first-order chi connectivity index (χ1) is 31.1. The van der Waals surface area contributed by atoms with Crippen molar-refractivity contribution in [1.82, 2.24) is 0 Å². The molecule has 4 heteroatoms. The monoisotopic (exact) mass is 885 g/mol. The molecule has 2 N–H and O–H groups in total. The van der Waals surface area contributed by atoms with Crippen molar-refractivity contribution in [3.8, 4) is 0 Å². The summed E-state index contributed by atoms with van der Waals surface area (Å²) in [6, 6.07) is 0. The third kappa shape index (κ3) is 60.4. The number of rotatable bonds is 56. The first-order valence-electron chi connectivity index (χ1n) is 28.9. The van der Waals surface area contributed by atoms with Crippen LogP contribution in [0.25, 0.3) is 0 Å². The summed E-state index contributed by atoms with van der Waals surface area (Å²) in [5, 5.41) is 17.2. The zero-order valence-electron chi connectivity index (χ0n) is 42.5. The SMILES string of the molecule is O=C(O)C=CCCCCCCCCCCCCCCCCCCCCCCCCCCCCCCCCCCCCCCCCCCCCCCCCCCCCCC=CC(=O)O. The molecule has 0 unspecified atom stereocenters. The first-order valence-corrected chi connectivity index (χ1v) is 28.9. The van der Waals surface area contributed by atoms with Crippen LogP contribution in [0.15, 0.2) is 24.3 Å². The van der Waals surface area contributed by atoms with Gasteiger partial charge in [-0.15, -0.1) is 0 Å². The highest BCUT2D eigenvalue weighted by Crippen LogP contribution is 2.19. The van der Waals surface area contributed by atoms with E-state index in [4.69, 9.17) is 10.2 Å². The van der Waals surface area contributed by atoms with Crippen LogP contribution in [0.5, 0.6) is 0 Å². The molecule has 0 radical (unpaired) electrons. The number of unbranched alkanes of at least 4 members (excludes halogenated alkanes) is 52. The molecule has 0 aromatic heterocycles. The molecule has 0 atom stereocenters. The highest BCUT2D eigenvalue weighted by Gasteiger charge is 2.00. The average Bonchev–Trinajstić information content (AvgIpc) is 3.27. The van der Waals surface area contributed by atoms with E-state index in [0.717, 1.165) is 25.7 Å².